The van der Waals surface area contributed by atoms with Crippen LogP contribution in [0.1, 0.15) is 0 Å². The molecule has 0 saturated heterocycles. The Morgan fingerprint density at radius 1 is 1.00 bits per heavy atom. The average Bonchev–Trinajstić information content (AvgIpc) is 1.58. The molecule has 0 aromatic rings. The van der Waals surface area contributed by atoms with Gasteiger partial charge in [0.25, 0.3) is 3.82 Å². The molecule has 0 heterocycles. The van der Waals surface area contributed by atoms with E-state index in [1.807, 2.05) is 0 Å². The van der Waals surface area contributed by atoms with Gasteiger partial charge in [-0.15, -0.1) is 0 Å². The molecule has 0 aliphatic heterocycles. The van der Waals surface area contributed by atoms with Crippen LogP contribution in [0.5, 0.6) is 0 Å². The minimum Gasteiger partial charge on any atom is -0.776 e. The molecule has 0 bridgehead atoms. The summed E-state index contributed by atoms with van der Waals surface area (Å²) in [5.41, 5.74) is 0. The molecule has 1 unspecified atom stereocenters. The maximum atomic E-state index is 10.2. The maximum absolute atomic E-state index is 10.2. The van der Waals surface area contributed by atoms with Gasteiger partial charge < -0.3 is 40.6 Å². The summed E-state index contributed by atoms with van der Waals surface area (Å²) in [6, 6.07) is 0. The van der Waals surface area contributed by atoms with Gasteiger partial charge >= 0.3 is 37.2 Å². The Labute approximate surface area is 116 Å². The molecule has 14 heteroatoms. The van der Waals surface area contributed by atoms with Crippen LogP contribution in [0.15, 0.2) is 0 Å². The van der Waals surface area contributed by atoms with Gasteiger partial charge in [-0.1, -0.05) is 23.2 Å². The van der Waals surface area contributed by atoms with Crippen molar-refractivity contribution in [1.82, 2.24) is 0 Å². The van der Waals surface area contributed by atoms with E-state index >= 15 is 0 Å². The van der Waals surface area contributed by atoms with Gasteiger partial charge in [0, 0.05) is 0 Å². The molecule has 9 nitrogen and oxygen atoms in total. The molecule has 0 aromatic heterocycles. The molecular weight excluding hydrogens is 312 g/mol. The normalized spacial score (nSPS) is 14.3. The molecule has 0 aromatic carbocycles. The predicted molar refractivity (Wildman–Crippen MR) is 47.1 cm³/mol. The third-order valence-corrected chi connectivity index (χ3v) is 6.21. The second-order valence-electron chi connectivity index (χ2n) is 1.57. The molecule has 92 valence electrons. The van der Waals surface area contributed by atoms with Crippen molar-refractivity contribution < 1.29 is 74.7 Å². The Bertz CT molecular complexity index is 218. The predicted octanol–water partition coefficient (Wildman–Crippen LogP) is -5.67. The van der Waals surface area contributed by atoms with E-state index in [0.29, 0.717) is 0 Å². The van der Waals surface area contributed by atoms with E-state index in [-0.39, 0.29) is 46.0 Å². The number of rotatable bonds is 2. The fourth-order valence-electron chi connectivity index (χ4n) is 0.165. The number of hydrogen-bond donors (Lipinski definition) is 3. The molecule has 0 aliphatic rings. The number of halogens is 2. The first-order chi connectivity index (χ1) is 4.50. The SMILES string of the molecule is O.O.O.O=P([O-])(O)C(Cl)(Cl)P(=O)(O)O.[Na+]. The van der Waals surface area contributed by atoms with Crippen LogP contribution in [0.25, 0.3) is 0 Å². The van der Waals surface area contributed by atoms with Gasteiger partial charge in [-0.25, -0.2) is 0 Å². The van der Waals surface area contributed by atoms with E-state index in [1.165, 1.54) is 0 Å². The smallest absolute Gasteiger partial charge is 0.776 e. The Balaban J connectivity index is -0.0000000833. The van der Waals surface area contributed by atoms with Gasteiger partial charge in [-0.2, -0.15) is 0 Å². The van der Waals surface area contributed by atoms with Crippen molar-refractivity contribution in [2.24, 2.45) is 0 Å². The Kier molecular flexibility index (Phi) is 17.6. The first-order valence-corrected chi connectivity index (χ1v) is 5.92. The van der Waals surface area contributed by atoms with Crippen molar-refractivity contribution in [2.75, 3.05) is 0 Å². The molecule has 15 heavy (non-hydrogen) atoms. The summed E-state index contributed by atoms with van der Waals surface area (Å²) in [5, 5.41) is 0. The zero-order valence-electron chi connectivity index (χ0n) is 7.22. The van der Waals surface area contributed by atoms with Crippen LogP contribution in [0.2, 0.25) is 0 Å². The summed E-state index contributed by atoms with van der Waals surface area (Å²) in [6.07, 6.45) is 0. The van der Waals surface area contributed by atoms with Crippen LogP contribution in [0, 0.1) is 0 Å². The van der Waals surface area contributed by atoms with Crippen molar-refractivity contribution in [3.05, 3.63) is 0 Å². The van der Waals surface area contributed by atoms with Gasteiger partial charge in [0.1, 0.15) is 0 Å². The van der Waals surface area contributed by atoms with Crippen LogP contribution in [0.3, 0.4) is 0 Å². The van der Waals surface area contributed by atoms with Gasteiger partial charge in [0.2, 0.25) is 0 Å². The minimum atomic E-state index is -5.47. The summed E-state index contributed by atoms with van der Waals surface area (Å²) < 4.78 is 16.9. The molecule has 0 fully saturated rings. The number of alkyl halides is 2. The van der Waals surface area contributed by atoms with Crippen LogP contribution < -0.4 is 34.5 Å². The average molecular weight is 321 g/mol. The van der Waals surface area contributed by atoms with Gasteiger partial charge in [0.05, 0.1) is 0 Å². The molecule has 0 radical (unpaired) electrons. The largest absolute Gasteiger partial charge is 1.00 e. The second-order valence-corrected chi connectivity index (χ2v) is 7.78. The van der Waals surface area contributed by atoms with Gasteiger partial charge in [-0.3, -0.25) is 4.57 Å². The molecule has 0 saturated carbocycles. The summed E-state index contributed by atoms with van der Waals surface area (Å²) >= 11 is 9.33. The van der Waals surface area contributed by atoms with Crippen molar-refractivity contribution in [3.8, 4) is 0 Å². The standard InChI is InChI=1S/CH4Cl2O6P2.Na.3H2O/c2-1(3,10(4,5)6)11(7,8)9;;;;/h(H2,4,5,6)(H2,7,8,9);;3*1H2/q;+1;;;/p-1. The first kappa shape index (κ1) is 30.1. The first-order valence-electron chi connectivity index (χ1n) is 1.97. The third kappa shape index (κ3) is 7.64. The summed E-state index contributed by atoms with van der Waals surface area (Å²) in [5.74, 6) is 0. The fourth-order valence-corrected chi connectivity index (χ4v) is 1.48. The van der Waals surface area contributed by atoms with Crippen molar-refractivity contribution in [3.63, 3.8) is 0 Å². The van der Waals surface area contributed by atoms with E-state index in [2.05, 4.69) is 23.2 Å². The van der Waals surface area contributed by atoms with Crippen LogP contribution in [-0.4, -0.2) is 34.9 Å². The topological polar surface area (TPSA) is 212 Å². The van der Waals surface area contributed by atoms with E-state index in [0.717, 1.165) is 0 Å². The van der Waals surface area contributed by atoms with Crippen LogP contribution in [0.4, 0.5) is 0 Å². The van der Waals surface area contributed by atoms with Gasteiger partial charge in [0.15, 0.2) is 7.60 Å². The molecule has 1 atom stereocenters. The fraction of sp³-hybridized carbons (Fsp3) is 1.00. The van der Waals surface area contributed by atoms with E-state index in [4.69, 9.17) is 14.7 Å². The van der Waals surface area contributed by atoms with Crippen molar-refractivity contribution >= 4 is 38.4 Å². The molecule has 9 N–H and O–H groups in total. The quantitative estimate of drug-likeness (QED) is 0.256. The molecular formula is CH9Cl2NaO9P2. The van der Waals surface area contributed by atoms with E-state index < -0.39 is 19.0 Å². The Morgan fingerprint density at radius 3 is 1.20 bits per heavy atom. The Morgan fingerprint density at radius 2 is 1.20 bits per heavy atom. The minimum absolute atomic E-state index is 0. The van der Waals surface area contributed by atoms with Crippen LogP contribution in [-0.2, 0) is 9.13 Å². The molecule has 0 spiro atoms. The number of hydrogen-bond acceptors (Lipinski definition) is 3. The molecule has 0 rings (SSSR count). The molecule has 0 amide bonds. The second kappa shape index (κ2) is 8.79. The summed E-state index contributed by atoms with van der Waals surface area (Å²) in [4.78, 5) is 34.6. The zero-order valence-corrected chi connectivity index (χ0v) is 12.5. The van der Waals surface area contributed by atoms with Crippen LogP contribution >= 0.6 is 38.4 Å². The molecule has 0 aliphatic carbocycles. The third-order valence-electron chi connectivity index (χ3n) is 0.690. The summed E-state index contributed by atoms with van der Waals surface area (Å²) in [6.45, 7) is 0. The Hall–Kier alpha value is 1.76. The van der Waals surface area contributed by atoms with E-state index in [9.17, 15) is 14.0 Å². The monoisotopic (exact) mass is 320 g/mol. The zero-order chi connectivity index (χ0) is 9.50. The van der Waals surface area contributed by atoms with E-state index in [1.54, 1.807) is 0 Å². The van der Waals surface area contributed by atoms with Gasteiger partial charge in [-0.05, 0) is 0 Å². The maximum Gasteiger partial charge on any atom is 1.00 e. The van der Waals surface area contributed by atoms with Crippen molar-refractivity contribution in [1.29, 1.82) is 0 Å². The summed E-state index contributed by atoms with van der Waals surface area (Å²) in [7, 11) is -10.8. The van der Waals surface area contributed by atoms with Crippen molar-refractivity contribution in [2.45, 2.75) is 3.82 Å².